The van der Waals surface area contributed by atoms with E-state index in [0.717, 1.165) is 26.1 Å². The Kier molecular flexibility index (Phi) is 4.12. The Morgan fingerprint density at radius 1 is 1.50 bits per heavy atom. The largest absolute Gasteiger partial charge is 0.475 e. The summed E-state index contributed by atoms with van der Waals surface area (Å²) < 4.78 is 24.6. The first-order chi connectivity index (χ1) is 7.75. The number of pyridine rings is 1. The first kappa shape index (κ1) is 11.8. The number of aromatic nitrogens is 1. The number of hydrogen-bond acceptors (Lipinski definition) is 3. The first-order valence-corrected chi connectivity index (χ1v) is 6.06. The average Bonchev–Trinajstić information content (AvgIpc) is 2.29. The highest BCUT2D eigenvalue weighted by atomic mass is 79.9. The molecule has 5 heteroatoms. The molecule has 0 bridgehead atoms. The Morgan fingerprint density at radius 3 is 2.94 bits per heavy atom. The van der Waals surface area contributed by atoms with E-state index in [4.69, 9.17) is 9.47 Å². The van der Waals surface area contributed by atoms with Gasteiger partial charge in [0.2, 0.25) is 5.88 Å². The Balaban J connectivity index is 1.88. The van der Waals surface area contributed by atoms with Gasteiger partial charge in [-0.25, -0.2) is 9.37 Å². The van der Waals surface area contributed by atoms with E-state index in [2.05, 4.69) is 20.9 Å². The van der Waals surface area contributed by atoms with Crippen molar-refractivity contribution in [1.29, 1.82) is 0 Å². The quantitative estimate of drug-likeness (QED) is 0.857. The van der Waals surface area contributed by atoms with Crippen molar-refractivity contribution in [2.45, 2.75) is 12.8 Å². The predicted molar refractivity (Wildman–Crippen MR) is 60.9 cm³/mol. The number of halogens is 2. The maximum atomic E-state index is 13.4. The van der Waals surface area contributed by atoms with E-state index in [9.17, 15) is 4.39 Å². The van der Waals surface area contributed by atoms with Crippen LogP contribution in [0.25, 0.3) is 0 Å². The van der Waals surface area contributed by atoms with E-state index in [1.54, 1.807) is 0 Å². The molecular formula is C11H13BrFNO2. The second-order valence-corrected chi connectivity index (χ2v) is 4.72. The second kappa shape index (κ2) is 5.59. The molecule has 88 valence electrons. The van der Waals surface area contributed by atoms with Gasteiger partial charge in [0, 0.05) is 23.9 Å². The number of nitrogens with zero attached hydrogens (tertiary/aromatic N) is 1. The lowest BCUT2D eigenvalue weighted by Gasteiger charge is -2.21. The Hall–Kier alpha value is -0.680. The summed E-state index contributed by atoms with van der Waals surface area (Å²) in [6.45, 7) is 2.05. The highest BCUT2D eigenvalue weighted by molar-refractivity contribution is 9.10. The minimum Gasteiger partial charge on any atom is -0.475 e. The van der Waals surface area contributed by atoms with Crippen molar-refractivity contribution in [2.24, 2.45) is 5.92 Å². The zero-order chi connectivity index (χ0) is 11.4. The topological polar surface area (TPSA) is 31.4 Å². The molecule has 1 saturated heterocycles. The van der Waals surface area contributed by atoms with Crippen molar-refractivity contribution in [3.05, 3.63) is 22.6 Å². The normalized spacial score (nSPS) is 17.4. The zero-order valence-electron chi connectivity index (χ0n) is 8.79. The van der Waals surface area contributed by atoms with Crippen LogP contribution in [0, 0.1) is 11.7 Å². The van der Waals surface area contributed by atoms with Gasteiger partial charge in [0.25, 0.3) is 0 Å². The molecule has 1 aliphatic rings. The highest BCUT2D eigenvalue weighted by Gasteiger charge is 2.15. The lowest BCUT2D eigenvalue weighted by Crippen LogP contribution is -2.21. The summed E-state index contributed by atoms with van der Waals surface area (Å²) in [5.74, 6) is 0.0923. The minimum absolute atomic E-state index is 0.0784. The highest BCUT2D eigenvalue weighted by Crippen LogP contribution is 2.20. The molecule has 0 spiro atoms. The van der Waals surface area contributed by atoms with Gasteiger partial charge in [0.1, 0.15) is 0 Å². The van der Waals surface area contributed by atoms with Crippen LogP contribution >= 0.6 is 15.9 Å². The first-order valence-electron chi connectivity index (χ1n) is 5.27. The van der Waals surface area contributed by atoms with Gasteiger partial charge in [-0.15, -0.1) is 0 Å². The van der Waals surface area contributed by atoms with Crippen molar-refractivity contribution < 1.29 is 13.9 Å². The molecule has 1 fully saturated rings. The van der Waals surface area contributed by atoms with E-state index in [-0.39, 0.29) is 5.88 Å². The van der Waals surface area contributed by atoms with Crippen LogP contribution in [0.3, 0.4) is 0 Å². The van der Waals surface area contributed by atoms with Crippen LogP contribution < -0.4 is 4.74 Å². The van der Waals surface area contributed by atoms with Crippen molar-refractivity contribution in [3.63, 3.8) is 0 Å². The summed E-state index contributed by atoms with van der Waals surface area (Å²) >= 11 is 3.15. The maximum absolute atomic E-state index is 13.4. The minimum atomic E-state index is -0.429. The fourth-order valence-corrected chi connectivity index (χ4v) is 1.92. The number of hydrogen-bond donors (Lipinski definition) is 0. The fourth-order valence-electron chi connectivity index (χ4n) is 1.62. The summed E-state index contributed by atoms with van der Waals surface area (Å²) in [7, 11) is 0. The summed E-state index contributed by atoms with van der Waals surface area (Å²) in [6, 6.07) is 1.35. The molecule has 0 radical (unpaired) electrons. The van der Waals surface area contributed by atoms with Crippen molar-refractivity contribution in [2.75, 3.05) is 19.8 Å². The summed E-state index contributed by atoms with van der Waals surface area (Å²) in [4.78, 5) is 3.89. The van der Waals surface area contributed by atoms with Crippen LogP contribution in [0.5, 0.6) is 5.88 Å². The van der Waals surface area contributed by atoms with Gasteiger partial charge in [0.05, 0.1) is 6.61 Å². The third kappa shape index (κ3) is 3.15. The van der Waals surface area contributed by atoms with Crippen LogP contribution in [0.15, 0.2) is 16.7 Å². The van der Waals surface area contributed by atoms with E-state index < -0.39 is 5.82 Å². The molecule has 0 saturated carbocycles. The molecule has 1 aromatic heterocycles. The van der Waals surface area contributed by atoms with E-state index >= 15 is 0 Å². The van der Waals surface area contributed by atoms with Gasteiger partial charge < -0.3 is 9.47 Å². The molecule has 2 heterocycles. The molecule has 0 amide bonds. The van der Waals surface area contributed by atoms with E-state index in [1.165, 1.54) is 12.3 Å². The van der Waals surface area contributed by atoms with Gasteiger partial charge in [-0.1, -0.05) is 0 Å². The van der Waals surface area contributed by atoms with E-state index in [0.29, 0.717) is 17.0 Å². The smallest absolute Gasteiger partial charge is 0.250 e. The SMILES string of the molecule is Fc1cc(Br)cnc1OCC1CCOCC1. The molecule has 0 N–H and O–H groups in total. The van der Waals surface area contributed by atoms with Crippen LogP contribution in [0.4, 0.5) is 4.39 Å². The monoisotopic (exact) mass is 289 g/mol. The molecular weight excluding hydrogens is 277 g/mol. The van der Waals surface area contributed by atoms with Gasteiger partial charge in [0.15, 0.2) is 5.82 Å². The van der Waals surface area contributed by atoms with Crippen molar-refractivity contribution >= 4 is 15.9 Å². The molecule has 0 unspecified atom stereocenters. The third-order valence-electron chi connectivity index (χ3n) is 2.57. The van der Waals surface area contributed by atoms with Gasteiger partial charge in [-0.3, -0.25) is 0 Å². The summed E-state index contributed by atoms with van der Waals surface area (Å²) in [6.07, 6.45) is 3.47. The number of rotatable bonds is 3. The molecule has 3 nitrogen and oxygen atoms in total. The van der Waals surface area contributed by atoms with Crippen LogP contribution in [-0.2, 0) is 4.74 Å². The predicted octanol–water partition coefficient (Wildman–Crippen LogP) is 2.79. The Morgan fingerprint density at radius 2 is 2.25 bits per heavy atom. The standard InChI is InChI=1S/C11H13BrFNO2/c12-9-5-10(13)11(14-6-9)16-7-8-1-3-15-4-2-8/h5-6,8H,1-4,7H2. The van der Waals surface area contributed by atoms with Crippen molar-refractivity contribution in [1.82, 2.24) is 4.98 Å². The van der Waals surface area contributed by atoms with Gasteiger partial charge >= 0.3 is 0 Å². The van der Waals surface area contributed by atoms with E-state index in [1.807, 2.05) is 0 Å². The maximum Gasteiger partial charge on any atom is 0.250 e. The lowest BCUT2D eigenvalue weighted by molar-refractivity contribution is 0.0483. The molecule has 1 aliphatic heterocycles. The molecule has 0 atom stereocenters. The van der Waals surface area contributed by atoms with Crippen LogP contribution in [0.1, 0.15) is 12.8 Å². The Labute approximate surface area is 102 Å². The summed E-state index contributed by atoms with van der Waals surface area (Å²) in [5, 5.41) is 0. The lowest BCUT2D eigenvalue weighted by atomic mass is 10.0. The number of ether oxygens (including phenoxy) is 2. The third-order valence-corrected chi connectivity index (χ3v) is 3.00. The van der Waals surface area contributed by atoms with Gasteiger partial charge in [-0.2, -0.15) is 0 Å². The molecule has 16 heavy (non-hydrogen) atoms. The fraction of sp³-hybridized carbons (Fsp3) is 0.545. The Bertz CT molecular complexity index is 356. The molecule has 2 rings (SSSR count). The average molecular weight is 290 g/mol. The van der Waals surface area contributed by atoms with Crippen LogP contribution in [-0.4, -0.2) is 24.8 Å². The molecule has 0 aliphatic carbocycles. The summed E-state index contributed by atoms with van der Waals surface area (Å²) in [5.41, 5.74) is 0. The van der Waals surface area contributed by atoms with Crippen molar-refractivity contribution in [3.8, 4) is 5.88 Å². The molecule has 0 aromatic carbocycles. The zero-order valence-corrected chi connectivity index (χ0v) is 10.4. The second-order valence-electron chi connectivity index (χ2n) is 3.81. The molecule has 1 aromatic rings. The van der Waals surface area contributed by atoms with Gasteiger partial charge in [-0.05, 0) is 40.8 Å². The van der Waals surface area contributed by atoms with Crippen LogP contribution in [0.2, 0.25) is 0 Å².